The van der Waals surface area contributed by atoms with Crippen LogP contribution in [0.2, 0.25) is 0 Å². The number of H-pyrrole nitrogens is 1. The van der Waals surface area contributed by atoms with Gasteiger partial charge in [0.25, 0.3) is 5.91 Å². The van der Waals surface area contributed by atoms with Crippen LogP contribution in [-0.4, -0.2) is 45.3 Å². The van der Waals surface area contributed by atoms with Gasteiger partial charge in [-0.15, -0.1) is 0 Å². The van der Waals surface area contributed by atoms with Crippen LogP contribution in [0.3, 0.4) is 0 Å². The second-order valence-electron chi connectivity index (χ2n) is 6.45. The molecule has 1 saturated heterocycles. The number of phenols is 1. The summed E-state index contributed by atoms with van der Waals surface area (Å²) in [4.78, 5) is 14.2. The van der Waals surface area contributed by atoms with E-state index in [0.29, 0.717) is 30.0 Å². The average molecular weight is 367 g/mol. The third-order valence-electron chi connectivity index (χ3n) is 4.54. The fraction of sp³-hybridized carbons (Fsp3) is 0.200. The number of amides is 1. The number of aromatic hydroxyl groups is 1. The van der Waals surface area contributed by atoms with Crippen LogP contribution in [0.4, 0.5) is 4.39 Å². The third-order valence-corrected chi connectivity index (χ3v) is 4.54. The van der Waals surface area contributed by atoms with E-state index in [1.54, 1.807) is 53.4 Å². The van der Waals surface area contributed by atoms with E-state index in [2.05, 4.69) is 10.2 Å². The maximum Gasteiger partial charge on any atom is 0.272 e. The van der Waals surface area contributed by atoms with Crippen molar-refractivity contribution in [1.82, 2.24) is 15.1 Å². The highest BCUT2D eigenvalue weighted by atomic mass is 19.1. The SMILES string of the molecule is O=C(c1cc(-c2ccc(O)cc2)n[nH]1)N1CC(OCc2ccccc2F)C1. The number of carbonyl (C=O) groups excluding carboxylic acids is 1. The topological polar surface area (TPSA) is 78.4 Å². The van der Waals surface area contributed by atoms with Crippen LogP contribution in [0.25, 0.3) is 11.3 Å². The molecule has 0 unspecified atom stereocenters. The average Bonchev–Trinajstić information content (AvgIpc) is 3.12. The molecule has 0 radical (unpaired) electrons. The molecule has 1 aliphatic rings. The lowest BCUT2D eigenvalue weighted by molar-refractivity contribution is -0.0511. The van der Waals surface area contributed by atoms with Crippen molar-refractivity contribution in [2.75, 3.05) is 13.1 Å². The van der Waals surface area contributed by atoms with Gasteiger partial charge in [-0.25, -0.2) is 4.39 Å². The fourth-order valence-corrected chi connectivity index (χ4v) is 2.91. The lowest BCUT2D eigenvalue weighted by Gasteiger charge is -2.38. The number of likely N-dealkylation sites (tertiary alicyclic amines) is 1. The van der Waals surface area contributed by atoms with E-state index in [0.717, 1.165) is 5.56 Å². The molecule has 27 heavy (non-hydrogen) atoms. The highest BCUT2D eigenvalue weighted by Gasteiger charge is 2.32. The van der Waals surface area contributed by atoms with Crippen molar-refractivity contribution >= 4 is 5.91 Å². The first-order valence-electron chi connectivity index (χ1n) is 8.59. The van der Waals surface area contributed by atoms with Crippen LogP contribution < -0.4 is 0 Å². The number of phenolic OH excluding ortho intramolecular Hbond substituents is 1. The van der Waals surface area contributed by atoms with Crippen LogP contribution in [0.15, 0.2) is 54.6 Å². The molecule has 0 atom stereocenters. The van der Waals surface area contributed by atoms with Crippen molar-refractivity contribution in [3.05, 3.63) is 71.7 Å². The minimum atomic E-state index is -0.288. The minimum absolute atomic E-state index is 0.104. The van der Waals surface area contributed by atoms with Gasteiger partial charge in [0.15, 0.2) is 0 Å². The van der Waals surface area contributed by atoms with E-state index in [1.165, 1.54) is 6.07 Å². The second-order valence-corrected chi connectivity index (χ2v) is 6.45. The second kappa shape index (κ2) is 7.20. The van der Waals surface area contributed by atoms with Crippen molar-refractivity contribution < 1.29 is 19.0 Å². The summed E-state index contributed by atoms with van der Waals surface area (Å²) in [6.45, 7) is 1.11. The van der Waals surface area contributed by atoms with Crippen LogP contribution in [-0.2, 0) is 11.3 Å². The Kier molecular flexibility index (Phi) is 4.60. The summed E-state index contributed by atoms with van der Waals surface area (Å²) >= 11 is 0. The van der Waals surface area contributed by atoms with Gasteiger partial charge in [-0.2, -0.15) is 5.10 Å². The summed E-state index contributed by atoms with van der Waals surface area (Å²) in [5, 5.41) is 16.3. The number of carbonyl (C=O) groups is 1. The van der Waals surface area contributed by atoms with Gasteiger partial charge in [-0.1, -0.05) is 18.2 Å². The molecule has 1 aliphatic heterocycles. The van der Waals surface area contributed by atoms with Crippen molar-refractivity contribution in [1.29, 1.82) is 0 Å². The number of hydrogen-bond acceptors (Lipinski definition) is 4. The molecular formula is C20H18FN3O3. The molecule has 1 amide bonds. The number of nitrogens with zero attached hydrogens (tertiary/aromatic N) is 2. The lowest BCUT2D eigenvalue weighted by atomic mass is 10.1. The first-order valence-corrected chi connectivity index (χ1v) is 8.59. The molecule has 138 valence electrons. The zero-order valence-corrected chi connectivity index (χ0v) is 14.4. The molecule has 1 fully saturated rings. The Morgan fingerprint density at radius 1 is 1.22 bits per heavy atom. The summed E-state index contributed by atoms with van der Waals surface area (Å²) < 4.78 is 19.2. The van der Waals surface area contributed by atoms with Gasteiger partial charge < -0.3 is 14.7 Å². The third kappa shape index (κ3) is 3.68. The van der Waals surface area contributed by atoms with Crippen molar-refractivity contribution in [3.63, 3.8) is 0 Å². The molecule has 0 aliphatic carbocycles. The number of nitrogens with one attached hydrogen (secondary N) is 1. The monoisotopic (exact) mass is 367 g/mol. The first-order chi connectivity index (χ1) is 13.1. The Labute approximate surface area is 155 Å². The van der Waals surface area contributed by atoms with Crippen molar-refractivity contribution in [2.24, 2.45) is 0 Å². The number of benzene rings is 2. The van der Waals surface area contributed by atoms with E-state index in [-0.39, 0.29) is 30.2 Å². The maximum absolute atomic E-state index is 13.6. The smallest absolute Gasteiger partial charge is 0.272 e. The summed E-state index contributed by atoms with van der Waals surface area (Å²) in [6.07, 6.45) is -0.104. The number of ether oxygens (including phenoxy) is 1. The number of aromatic amines is 1. The predicted octanol–water partition coefficient (Wildman–Crippen LogP) is 2.96. The quantitative estimate of drug-likeness (QED) is 0.727. The largest absolute Gasteiger partial charge is 0.508 e. The van der Waals surface area contributed by atoms with Crippen LogP contribution >= 0.6 is 0 Å². The Hall–Kier alpha value is -3.19. The summed E-state index contributed by atoms with van der Waals surface area (Å²) in [7, 11) is 0. The molecular weight excluding hydrogens is 349 g/mol. The number of aromatic nitrogens is 2. The summed E-state index contributed by atoms with van der Waals surface area (Å²) in [6, 6.07) is 14.8. The minimum Gasteiger partial charge on any atom is -0.508 e. The zero-order valence-electron chi connectivity index (χ0n) is 14.4. The van der Waals surface area contributed by atoms with Gasteiger partial charge in [-0.05, 0) is 36.4 Å². The molecule has 4 rings (SSSR count). The van der Waals surface area contributed by atoms with E-state index in [4.69, 9.17) is 4.74 Å². The van der Waals surface area contributed by atoms with Crippen LogP contribution in [0.5, 0.6) is 5.75 Å². The van der Waals surface area contributed by atoms with E-state index < -0.39 is 0 Å². The highest BCUT2D eigenvalue weighted by Crippen LogP contribution is 2.22. The number of rotatable bonds is 5. The highest BCUT2D eigenvalue weighted by molar-refractivity contribution is 5.94. The molecule has 1 aromatic heterocycles. The van der Waals surface area contributed by atoms with Gasteiger partial charge in [0.2, 0.25) is 0 Å². The van der Waals surface area contributed by atoms with E-state index >= 15 is 0 Å². The molecule has 0 spiro atoms. The van der Waals surface area contributed by atoms with Crippen molar-refractivity contribution in [2.45, 2.75) is 12.7 Å². The normalized spacial score (nSPS) is 14.2. The van der Waals surface area contributed by atoms with Gasteiger partial charge in [0.1, 0.15) is 17.3 Å². The molecule has 2 aromatic carbocycles. The van der Waals surface area contributed by atoms with Gasteiger partial charge >= 0.3 is 0 Å². The molecule has 0 bridgehead atoms. The van der Waals surface area contributed by atoms with Crippen LogP contribution in [0, 0.1) is 5.82 Å². The Bertz CT molecular complexity index is 949. The zero-order chi connectivity index (χ0) is 18.8. The molecule has 2 N–H and O–H groups in total. The van der Waals surface area contributed by atoms with Gasteiger partial charge in [0.05, 0.1) is 18.4 Å². The Morgan fingerprint density at radius 3 is 2.70 bits per heavy atom. The lowest BCUT2D eigenvalue weighted by Crippen LogP contribution is -2.54. The van der Waals surface area contributed by atoms with Gasteiger partial charge in [0, 0.05) is 24.2 Å². The van der Waals surface area contributed by atoms with E-state index in [1.807, 2.05) is 0 Å². The predicted molar refractivity (Wildman–Crippen MR) is 96.6 cm³/mol. The maximum atomic E-state index is 13.6. The van der Waals surface area contributed by atoms with E-state index in [9.17, 15) is 14.3 Å². The fourth-order valence-electron chi connectivity index (χ4n) is 2.91. The summed E-state index contributed by atoms with van der Waals surface area (Å²) in [5.41, 5.74) is 2.34. The van der Waals surface area contributed by atoms with Crippen molar-refractivity contribution in [3.8, 4) is 17.0 Å². The molecule has 6 nitrogen and oxygen atoms in total. The standard InChI is InChI=1S/C20H18FN3O3/c21-17-4-2-1-3-14(17)12-27-16-10-24(11-16)20(26)19-9-18(22-23-19)13-5-7-15(25)8-6-13/h1-9,16,25H,10-12H2,(H,22,23). The first kappa shape index (κ1) is 17.2. The van der Waals surface area contributed by atoms with Crippen LogP contribution in [0.1, 0.15) is 16.1 Å². The molecule has 2 heterocycles. The summed E-state index contributed by atoms with van der Waals surface area (Å²) in [5.74, 6) is -0.269. The Morgan fingerprint density at radius 2 is 1.96 bits per heavy atom. The number of halogens is 1. The molecule has 3 aromatic rings. The molecule has 7 heteroatoms. The molecule has 0 saturated carbocycles. The van der Waals surface area contributed by atoms with Gasteiger partial charge in [-0.3, -0.25) is 9.89 Å². The Balaban J connectivity index is 1.31. The number of hydrogen-bond donors (Lipinski definition) is 2.